The van der Waals surface area contributed by atoms with Gasteiger partial charge >= 0.3 is 5.97 Å². The zero-order valence-electron chi connectivity index (χ0n) is 9.87. The second-order valence-electron chi connectivity index (χ2n) is 3.80. The molecule has 0 aliphatic carbocycles. The third kappa shape index (κ3) is 4.83. The van der Waals surface area contributed by atoms with Gasteiger partial charge in [-0.1, -0.05) is 22.0 Å². The van der Waals surface area contributed by atoms with E-state index in [-0.39, 0.29) is 11.8 Å². The van der Waals surface area contributed by atoms with E-state index in [0.717, 1.165) is 4.47 Å². The van der Waals surface area contributed by atoms with E-state index >= 15 is 0 Å². The second-order valence-corrected chi connectivity index (χ2v) is 4.72. The van der Waals surface area contributed by atoms with Crippen LogP contribution in [0.2, 0.25) is 0 Å². The first kappa shape index (κ1) is 14.1. The average Bonchev–Trinajstić information content (AvgIpc) is 2.29. The number of carbonyl (C=O) groups excluding carboxylic acids is 1. The number of esters is 1. The summed E-state index contributed by atoms with van der Waals surface area (Å²) >= 11 is 3.21. The predicted octanol–water partition coefficient (Wildman–Crippen LogP) is 2.58. The van der Waals surface area contributed by atoms with E-state index in [9.17, 15) is 9.18 Å². The SMILES string of the molecule is COC(=O)CCN(C)Cc1ccc(Br)cc1F. The lowest BCUT2D eigenvalue weighted by Gasteiger charge is -2.16. The number of rotatable bonds is 5. The van der Waals surface area contributed by atoms with E-state index in [2.05, 4.69) is 20.7 Å². The first-order valence-corrected chi connectivity index (χ1v) is 6.01. The van der Waals surface area contributed by atoms with Crippen LogP contribution in [0.4, 0.5) is 4.39 Å². The fraction of sp³-hybridized carbons (Fsp3) is 0.417. The number of hydrogen-bond acceptors (Lipinski definition) is 3. The van der Waals surface area contributed by atoms with Gasteiger partial charge in [-0.15, -0.1) is 0 Å². The van der Waals surface area contributed by atoms with Crippen molar-refractivity contribution in [2.75, 3.05) is 20.7 Å². The molecule has 0 saturated carbocycles. The minimum atomic E-state index is -0.256. The van der Waals surface area contributed by atoms with Crippen molar-refractivity contribution in [2.24, 2.45) is 0 Å². The predicted molar refractivity (Wildman–Crippen MR) is 67.1 cm³/mol. The zero-order chi connectivity index (χ0) is 12.8. The van der Waals surface area contributed by atoms with Crippen molar-refractivity contribution in [3.63, 3.8) is 0 Å². The Morgan fingerprint density at radius 2 is 2.24 bits per heavy atom. The number of hydrogen-bond donors (Lipinski definition) is 0. The summed E-state index contributed by atoms with van der Waals surface area (Å²) in [5.41, 5.74) is 0.612. The molecule has 17 heavy (non-hydrogen) atoms. The molecule has 1 rings (SSSR count). The first-order chi connectivity index (χ1) is 8.02. The Hall–Kier alpha value is -0.940. The molecule has 0 aliphatic rings. The van der Waals surface area contributed by atoms with Crippen LogP contribution in [0.15, 0.2) is 22.7 Å². The Morgan fingerprint density at radius 3 is 2.82 bits per heavy atom. The normalized spacial score (nSPS) is 10.6. The quantitative estimate of drug-likeness (QED) is 0.783. The third-order valence-electron chi connectivity index (χ3n) is 2.38. The molecule has 3 nitrogen and oxygen atoms in total. The van der Waals surface area contributed by atoms with Crippen molar-refractivity contribution < 1.29 is 13.9 Å². The van der Waals surface area contributed by atoms with Crippen molar-refractivity contribution in [1.82, 2.24) is 4.90 Å². The number of benzene rings is 1. The van der Waals surface area contributed by atoms with E-state index in [4.69, 9.17) is 0 Å². The molecule has 0 fully saturated rings. The summed E-state index contributed by atoms with van der Waals surface area (Å²) < 4.78 is 18.8. The highest BCUT2D eigenvalue weighted by Gasteiger charge is 2.08. The largest absolute Gasteiger partial charge is 0.469 e. The molecule has 0 saturated heterocycles. The van der Waals surface area contributed by atoms with Gasteiger partial charge < -0.3 is 9.64 Å². The monoisotopic (exact) mass is 303 g/mol. The molecule has 1 aromatic rings. The molecule has 0 aliphatic heterocycles. The highest BCUT2D eigenvalue weighted by atomic mass is 79.9. The molecule has 1 aromatic carbocycles. The van der Waals surface area contributed by atoms with Crippen molar-refractivity contribution in [3.05, 3.63) is 34.1 Å². The Bertz CT molecular complexity index is 398. The standard InChI is InChI=1S/C12H15BrFNO2/c1-15(6-5-12(16)17-2)8-9-3-4-10(13)7-11(9)14/h3-4,7H,5-6,8H2,1-2H3. The van der Waals surface area contributed by atoms with Crippen LogP contribution in [0, 0.1) is 5.82 Å². The Labute approximate surface area is 109 Å². The lowest BCUT2D eigenvalue weighted by Crippen LogP contribution is -2.22. The first-order valence-electron chi connectivity index (χ1n) is 5.22. The molecular formula is C12H15BrFNO2. The van der Waals surface area contributed by atoms with E-state index in [1.165, 1.54) is 13.2 Å². The molecule has 0 radical (unpaired) electrons. The van der Waals surface area contributed by atoms with Crippen molar-refractivity contribution >= 4 is 21.9 Å². The van der Waals surface area contributed by atoms with Gasteiger partial charge in [-0.25, -0.2) is 4.39 Å². The highest BCUT2D eigenvalue weighted by Crippen LogP contribution is 2.16. The van der Waals surface area contributed by atoms with Crippen LogP contribution >= 0.6 is 15.9 Å². The van der Waals surface area contributed by atoms with Gasteiger partial charge in [-0.05, 0) is 19.2 Å². The number of nitrogens with zero attached hydrogens (tertiary/aromatic N) is 1. The van der Waals surface area contributed by atoms with Gasteiger partial charge in [-0.2, -0.15) is 0 Å². The Kier molecular flexibility index (Phi) is 5.58. The van der Waals surface area contributed by atoms with E-state index in [1.807, 2.05) is 11.9 Å². The number of halogens is 2. The minimum absolute atomic E-state index is 0.246. The van der Waals surface area contributed by atoms with Crippen LogP contribution in [0.3, 0.4) is 0 Å². The summed E-state index contributed by atoms with van der Waals surface area (Å²) in [4.78, 5) is 12.8. The number of ether oxygens (including phenoxy) is 1. The molecule has 0 aromatic heterocycles. The van der Waals surface area contributed by atoms with Crippen LogP contribution in [0.5, 0.6) is 0 Å². The van der Waals surface area contributed by atoms with E-state index in [1.54, 1.807) is 12.1 Å². The van der Waals surface area contributed by atoms with Gasteiger partial charge in [0.2, 0.25) is 0 Å². The van der Waals surface area contributed by atoms with Gasteiger partial charge in [0.15, 0.2) is 0 Å². The maximum atomic E-state index is 13.5. The minimum Gasteiger partial charge on any atom is -0.469 e. The summed E-state index contributed by atoms with van der Waals surface area (Å²) in [6.45, 7) is 1.01. The van der Waals surface area contributed by atoms with E-state index < -0.39 is 0 Å². The summed E-state index contributed by atoms with van der Waals surface area (Å²) in [7, 11) is 3.20. The van der Waals surface area contributed by atoms with Crippen LogP contribution in [0.1, 0.15) is 12.0 Å². The summed E-state index contributed by atoms with van der Waals surface area (Å²) in [6, 6.07) is 4.96. The third-order valence-corrected chi connectivity index (χ3v) is 2.87. The van der Waals surface area contributed by atoms with E-state index in [0.29, 0.717) is 25.1 Å². The average molecular weight is 304 g/mol. The topological polar surface area (TPSA) is 29.5 Å². The summed E-state index contributed by atoms with van der Waals surface area (Å²) in [5.74, 6) is -0.502. The Balaban J connectivity index is 2.50. The van der Waals surface area contributed by atoms with Crippen LogP contribution < -0.4 is 0 Å². The van der Waals surface area contributed by atoms with Gasteiger partial charge in [0.25, 0.3) is 0 Å². The molecule has 5 heteroatoms. The maximum Gasteiger partial charge on any atom is 0.306 e. The van der Waals surface area contributed by atoms with Gasteiger partial charge in [-0.3, -0.25) is 4.79 Å². The van der Waals surface area contributed by atoms with Crippen molar-refractivity contribution in [2.45, 2.75) is 13.0 Å². The van der Waals surface area contributed by atoms with Crippen molar-refractivity contribution in [1.29, 1.82) is 0 Å². The lowest BCUT2D eigenvalue weighted by molar-refractivity contribution is -0.140. The Morgan fingerprint density at radius 1 is 1.53 bits per heavy atom. The molecule has 0 spiro atoms. The molecule has 0 amide bonds. The maximum absolute atomic E-state index is 13.5. The second kappa shape index (κ2) is 6.71. The zero-order valence-corrected chi connectivity index (χ0v) is 11.5. The molecule has 0 bridgehead atoms. The van der Waals surface area contributed by atoms with Gasteiger partial charge in [0.1, 0.15) is 5.82 Å². The highest BCUT2D eigenvalue weighted by molar-refractivity contribution is 9.10. The molecular weight excluding hydrogens is 289 g/mol. The van der Waals surface area contributed by atoms with Gasteiger partial charge in [0, 0.05) is 23.1 Å². The summed E-state index contributed by atoms with van der Waals surface area (Å²) in [5, 5.41) is 0. The number of methoxy groups -OCH3 is 1. The van der Waals surface area contributed by atoms with Crippen LogP contribution in [0.25, 0.3) is 0 Å². The van der Waals surface area contributed by atoms with Crippen LogP contribution in [-0.4, -0.2) is 31.6 Å². The molecule has 94 valence electrons. The lowest BCUT2D eigenvalue weighted by atomic mass is 10.2. The number of carbonyl (C=O) groups is 1. The van der Waals surface area contributed by atoms with Gasteiger partial charge in [0.05, 0.1) is 13.5 Å². The smallest absolute Gasteiger partial charge is 0.306 e. The fourth-order valence-electron chi connectivity index (χ4n) is 1.40. The molecule has 0 N–H and O–H groups in total. The van der Waals surface area contributed by atoms with Crippen molar-refractivity contribution in [3.8, 4) is 0 Å². The molecule has 0 atom stereocenters. The molecule has 0 unspecified atom stereocenters. The van der Waals surface area contributed by atoms with Crippen LogP contribution in [-0.2, 0) is 16.1 Å². The molecule has 0 heterocycles. The summed E-state index contributed by atoms with van der Waals surface area (Å²) in [6.07, 6.45) is 0.311. The fourth-order valence-corrected chi connectivity index (χ4v) is 1.74.